The van der Waals surface area contributed by atoms with Crippen molar-refractivity contribution in [2.24, 2.45) is 0 Å². The van der Waals surface area contributed by atoms with Crippen molar-refractivity contribution in [1.82, 2.24) is 10.2 Å². The Kier molecular flexibility index (Phi) is 9.33. The van der Waals surface area contributed by atoms with E-state index < -0.39 is 28.5 Å². The zero-order chi connectivity index (χ0) is 28.0. The van der Waals surface area contributed by atoms with Gasteiger partial charge in [-0.2, -0.15) is 0 Å². The highest BCUT2D eigenvalue weighted by Crippen LogP contribution is 2.28. The first-order chi connectivity index (χ1) is 17.9. The van der Waals surface area contributed by atoms with Crippen LogP contribution >= 0.6 is 0 Å². The minimum atomic E-state index is -4.08. The van der Waals surface area contributed by atoms with Crippen molar-refractivity contribution >= 4 is 27.5 Å². The van der Waals surface area contributed by atoms with E-state index in [1.54, 1.807) is 31.2 Å². The summed E-state index contributed by atoms with van der Waals surface area (Å²) in [6, 6.07) is 20.2. The van der Waals surface area contributed by atoms with E-state index >= 15 is 0 Å². The fourth-order valence-corrected chi connectivity index (χ4v) is 5.78. The third-order valence-electron chi connectivity index (χ3n) is 6.43. The van der Waals surface area contributed by atoms with Crippen molar-refractivity contribution in [2.45, 2.75) is 65.1 Å². The van der Waals surface area contributed by atoms with Crippen LogP contribution < -0.4 is 9.62 Å². The number of hydrogen-bond acceptors (Lipinski definition) is 4. The van der Waals surface area contributed by atoms with Crippen molar-refractivity contribution in [3.05, 3.63) is 95.1 Å². The SMILES string of the molecule is Cc1ccc(N(CC(=O)N(Cc2ccccc2C)C(C)C(=O)NC(C)C)S(=O)(=O)c2ccccc2)c(C)c1. The lowest BCUT2D eigenvalue weighted by atomic mass is 10.1. The quantitative estimate of drug-likeness (QED) is 0.406. The van der Waals surface area contributed by atoms with E-state index in [4.69, 9.17) is 0 Å². The maximum atomic E-state index is 14.0. The molecule has 7 nitrogen and oxygen atoms in total. The van der Waals surface area contributed by atoms with Gasteiger partial charge in [0.25, 0.3) is 10.0 Å². The molecule has 2 amide bonds. The van der Waals surface area contributed by atoms with Crippen LogP contribution in [-0.4, -0.2) is 43.8 Å². The number of anilines is 1. The number of amides is 2. The molecule has 0 aromatic heterocycles. The molecule has 0 aliphatic heterocycles. The monoisotopic (exact) mass is 535 g/mol. The summed E-state index contributed by atoms with van der Waals surface area (Å²) >= 11 is 0. The maximum Gasteiger partial charge on any atom is 0.264 e. The predicted octanol–water partition coefficient (Wildman–Crippen LogP) is 4.75. The number of rotatable bonds is 10. The summed E-state index contributed by atoms with van der Waals surface area (Å²) in [6.07, 6.45) is 0. The first-order valence-electron chi connectivity index (χ1n) is 12.7. The van der Waals surface area contributed by atoms with E-state index in [1.807, 2.05) is 71.0 Å². The molecule has 1 unspecified atom stereocenters. The van der Waals surface area contributed by atoms with Crippen molar-refractivity contribution in [3.8, 4) is 0 Å². The number of nitrogens with zero attached hydrogens (tertiary/aromatic N) is 2. The van der Waals surface area contributed by atoms with Gasteiger partial charge in [-0.1, -0.05) is 60.2 Å². The van der Waals surface area contributed by atoms with Gasteiger partial charge in [0, 0.05) is 12.6 Å². The molecular formula is C30H37N3O4S. The van der Waals surface area contributed by atoms with Crippen LogP contribution in [0.4, 0.5) is 5.69 Å². The molecule has 202 valence electrons. The predicted molar refractivity (Wildman–Crippen MR) is 151 cm³/mol. The van der Waals surface area contributed by atoms with E-state index in [-0.39, 0.29) is 23.4 Å². The number of carbonyl (C=O) groups excluding carboxylic acids is 2. The van der Waals surface area contributed by atoms with Crippen molar-refractivity contribution in [2.75, 3.05) is 10.8 Å². The molecule has 0 heterocycles. The first kappa shape index (κ1) is 28.9. The fourth-order valence-electron chi connectivity index (χ4n) is 4.28. The van der Waals surface area contributed by atoms with E-state index in [1.165, 1.54) is 17.0 Å². The Hall–Kier alpha value is -3.65. The molecule has 0 aliphatic rings. The summed E-state index contributed by atoms with van der Waals surface area (Å²) in [5.74, 6) is -0.773. The smallest absolute Gasteiger partial charge is 0.264 e. The number of hydrogen-bond donors (Lipinski definition) is 1. The Morgan fingerprint density at radius 1 is 0.842 bits per heavy atom. The molecule has 0 radical (unpaired) electrons. The standard InChI is InChI=1S/C30H37N3O4S/c1-21(2)31-30(35)25(6)32(19-26-13-11-10-12-23(26)4)29(34)20-33(28-17-16-22(3)18-24(28)5)38(36,37)27-14-8-7-9-15-27/h7-18,21,25H,19-20H2,1-6H3,(H,31,35). The van der Waals surface area contributed by atoms with Crippen LogP contribution in [-0.2, 0) is 26.2 Å². The van der Waals surface area contributed by atoms with Gasteiger partial charge in [-0.3, -0.25) is 13.9 Å². The minimum absolute atomic E-state index is 0.0869. The Morgan fingerprint density at radius 3 is 2.08 bits per heavy atom. The fraction of sp³-hybridized carbons (Fsp3) is 0.333. The molecule has 0 spiro atoms. The number of aryl methyl sites for hydroxylation is 3. The summed E-state index contributed by atoms with van der Waals surface area (Å²) in [7, 11) is -4.08. The summed E-state index contributed by atoms with van der Waals surface area (Å²) in [4.78, 5) is 28.5. The number of carbonyl (C=O) groups is 2. The van der Waals surface area contributed by atoms with Gasteiger partial charge in [0.2, 0.25) is 11.8 Å². The highest BCUT2D eigenvalue weighted by Gasteiger charge is 2.33. The van der Waals surface area contributed by atoms with Crippen molar-refractivity contribution in [1.29, 1.82) is 0 Å². The lowest BCUT2D eigenvalue weighted by Crippen LogP contribution is -2.52. The number of benzene rings is 3. The molecule has 3 rings (SSSR count). The third-order valence-corrected chi connectivity index (χ3v) is 8.21. The van der Waals surface area contributed by atoms with Crippen molar-refractivity contribution in [3.63, 3.8) is 0 Å². The molecule has 3 aromatic rings. The Bertz CT molecular complexity index is 1390. The molecule has 0 aliphatic carbocycles. The second-order valence-electron chi connectivity index (χ2n) is 9.90. The summed E-state index contributed by atoms with van der Waals surface area (Å²) < 4.78 is 28.9. The zero-order valence-corrected chi connectivity index (χ0v) is 23.7. The largest absolute Gasteiger partial charge is 0.352 e. The third kappa shape index (κ3) is 6.81. The average molecular weight is 536 g/mol. The van der Waals surface area contributed by atoms with Crippen LogP contribution in [0.25, 0.3) is 0 Å². The van der Waals surface area contributed by atoms with Crippen LogP contribution in [0, 0.1) is 20.8 Å². The van der Waals surface area contributed by atoms with Gasteiger partial charge < -0.3 is 10.2 Å². The normalized spacial score (nSPS) is 12.2. The first-order valence-corrected chi connectivity index (χ1v) is 14.1. The van der Waals surface area contributed by atoms with Gasteiger partial charge in [-0.05, 0) is 76.4 Å². The molecule has 0 fully saturated rings. The van der Waals surface area contributed by atoms with Crippen LogP contribution in [0.1, 0.15) is 43.0 Å². The minimum Gasteiger partial charge on any atom is -0.352 e. The van der Waals surface area contributed by atoms with Crippen LogP contribution in [0.3, 0.4) is 0 Å². The van der Waals surface area contributed by atoms with Gasteiger partial charge in [0.1, 0.15) is 12.6 Å². The summed E-state index contributed by atoms with van der Waals surface area (Å²) in [5.41, 5.74) is 3.99. The van der Waals surface area contributed by atoms with Crippen LogP contribution in [0.5, 0.6) is 0 Å². The van der Waals surface area contributed by atoms with Gasteiger partial charge in [0.15, 0.2) is 0 Å². The van der Waals surface area contributed by atoms with E-state index in [0.717, 1.165) is 26.6 Å². The molecule has 1 atom stereocenters. The lowest BCUT2D eigenvalue weighted by molar-refractivity contribution is -0.139. The van der Waals surface area contributed by atoms with Gasteiger partial charge in [-0.25, -0.2) is 8.42 Å². The molecule has 0 bridgehead atoms. The summed E-state index contributed by atoms with van der Waals surface area (Å²) in [5, 5.41) is 2.87. The zero-order valence-electron chi connectivity index (χ0n) is 22.9. The van der Waals surface area contributed by atoms with Gasteiger partial charge in [0.05, 0.1) is 10.6 Å². The summed E-state index contributed by atoms with van der Waals surface area (Å²) in [6.45, 7) is 10.8. The van der Waals surface area contributed by atoms with Gasteiger partial charge in [-0.15, -0.1) is 0 Å². The molecule has 1 N–H and O–H groups in total. The molecule has 8 heteroatoms. The van der Waals surface area contributed by atoms with Crippen molar-refractivity contribution < 1.29 is 18.0 Å². The van der Waals surface area contributed by atoms with E-state index in [9.17, 15) is 18.0 Å². The second-order valence-corrected chi connectivity index (χ2v) is 11.8. The highest BCUT2D eigenvalue weighted by molar-refractivity contribution is 7.92. The highest BCUT2D eigenvalue weighted by atomic mass is 32.2. The molecule has 38 heavy (non-hydrogen) atoms. The molecule has 0 saturated carbocycles. The Balaban J connectivity index is 2.07. The molecule has 0 saturated heterocycles. The second kappa shape index (κ2) is 12.3. The van der Waals surface area contributed by atoms with E-state index in [0.29, 0.717) is 5.69 Å². The van der Waals surface area contributed by atoms with Crippen LogP contribution in [0.2, 0.25) is 0 Å². The number of sulfonamides is 1. The molecule has 3 aromatic carbocycles. The Morgan fingerprint density at radius 2 is 1.47 bits per heavy atom. The maximum absolute atomic E-state index is 14.0. The number of nitrogens with one attached hydrogen (secondary N) is 1. The topological polar surface area (TPSA) is 86.8 Å². The van der Waals surface area contributed by atoms with Gasteiger partial charge >= 0.3 is 0 Å². The average Bonchev–Trinajstić information content (AvgIpc) is 2.86. The lowest BCUT2D eigenvalue weighted by Gasteiger charge is -2.33. The van der Waals surface area contributed by atoms with E-state index in [2.05, 4.69) is 5.32 Å². The molecular weight excluding hydrogens is 498 g/mol. The van der Waals surface area contributed by atoms with Crippen LogP contribution in [0.15, 0.2) is 77.7 Å². The Labute approximate surface area is 226 Å².